The summed E-state index contributed by atoms with van der Waals surface area (Å²) < 4.78 is 33.8. The highest BCUT2D eigenvalue weighted by Gasteiger charge is 2.20. The summed E-state index contributed by atoms with van der Waals surface area (Å²) in [6, 6.07) is 18.7. The lowest BCUT2D eigenvalue weighted by molar-refractivity contribution is -0.113. The number of Topliss-reactive ketones (excluding diaryl/α,β-unsaturated/α-hetero) is 1. The van der Waals surface area contributed by atoms with E-state index < -0.39 is 0 Å². The molecular weight excluding hydrogens is 484 g/mol. The molecule has 0 bridgehead atoms. The molecule has 0 unspecified atom stereocenters. The monoisotopic (exact) mass is 507 g/mol. The van der Waals surface area contributed by atoms with Crippen molar-refractivity contribution in [3.63, 3.8) is 0 Å². The summed E-state index contributed by atoms with van der Waals surface area (Å²) >= 11 is 1.18. The highest BCUT2D eigenvalue weighted by Crippen LogP contribution is 2.27. The SMILES string of the molecule is CC(=O)c1c(C)nc(SCC(=O)Nc2ccc(OCc3ccc(F)cc3)cc2)n1-c1ccc(F)cc1. The summed E-state index contributed by atoms with van der Waals surface area (Å²) in [5.41, 5.74) is 2.94. The minimum Gasteiger partial charge on any atom is -0.489 e. The Morgan fingerprint density at radius 1 is 0.944 bits per heavy atom. The summed E-state index contributed by atoms with van der Waals surface area (Å²) in [6.07, 6.45) is 0. The van der Waals surface area contributed by atoms with E-state index in [1.807, 2.05) is 0 Å². The number of imidazole rings is 1. The Morgan fingerprint density at radius 3 is 2.17 bits per heavy atom. The van der Waals surface area contributed by atoms with E-state index >= 15 is 0 Å². The number of hydrogen-bond donors (Lipinski definition) is 1. The molecule has 184 valence electrons. The van der Waals surface area contributed by atoms with Crippen LogP contribution in [0.3, 0.4) is 0 Å². The molecule has 4 rings (SSSR count). The van der Waals surface area contributed by atoms with E-state index in [-0.39, 0.29) is 29.1 Å². The number of carbonyl (C=O) groups is 2. The van der Waals surface area contributed by atoms with Gasteiger partial charge in [0.2, 0.25) is 5.91 Å². The average molecular weight is 508 g/mol. The van der Waals surface area contributed by atoms with Gasteiger partial charge in [0.25, 0.3) is 0 Å². The van der Waals surface area contributed by atoms with Crippen molar-refractivity contribution in [3.8, 4) is 11.4 Å². The van der Waals surface area contributed by atoms with Gasteiger partial charge >= 0.3 is 0 Å². The molecule has 0 aliphatic carbocycles. The van der Waals surface area contributed by atoms with Crippen LogP contribution in [0.1, 0.15) is 28.7 Å². The Morgan fingerprint density at radius 2 is 1.56 bits per heavy atom. The van der Waals surface area contributed by atoms with Crippen LogP contribution in [0.5, 0.6) is 5.75 Å². The van der Waals surface area contributed by atoms with Crippen molar-refractivity contribution in [1.29, 1.82) is 0 Å². The number of thioether (sulfide) groups is 1. The number of aryl methyl sites for hydroxylation is 1. The third-order valence-corrected chi connectivity index (χ3v) is 6.17. The number of rotatable bonds is 9. The Balaban J connectivity index is 1.38. The average Bonchev–Trinajstić information content (AvgIpc) is 3.20. The van der Waals surface area contributed by atoms with E-state index in [9.17, 15) is 18.4 Å². The van der Waals surface area contributed by atoms with Crippen molar-refractivity contribution < 1.29 is 23.1 Å². The van der Waals surface area contributed by atoms with Gasteiger partial charge in [-0.15, -0.1) is 0 Å². The fraction of sp³-hybridized carbons (Fsp3) is 0.148. The molecule has 0 radical (unpaired) electrons. The molecule has 0 aliphatic heterocycles. The highest BCUT2D eigenvalue weighted by atomic mass is 32.2. The molecule has 0 saturated carbocycles. The normalized spacial score (nSPS) is 10.8. The summed E-state index contributed by atoms with van der Waals surface area (Å²) in [7, 11) is 0. The molecule has 4 aromatic rings. The van der Waals surface area contributed by atoms with Gasteiger partial charge in [-0.05, 0) is 73.2 Å². The number of nitrogens with one attached hydrogen (secondary N) is 1. The van der Waals surface area contributed by atoms with Gasteiger partial charge in [0.1, 0.15) is 29.7 Å². The van der Waals surface area contributed by atoms with E-state index in [0.29, 0.717) is 40.3 Å². The van der Waals surface area contributed by atoms with Crippen LogP contribution < -0.4 is 10.1 Å². The summed E-state index contributed by atoms with van der Waals surface area (Å²) in [6.45, 7) is 3.46. The Kier molecular flexibility index (Phi) is 7.80. The lowest BCUT2D eigenvalue weighted by Gasteiger charge is -2.11. The van der Waals surface area contributed by atoms with Gasteiger partial charge < -0.3 is 10.1 Å². The van der Waals surface area contributed by atoms with Gasteiger partial charge in [-0.1, -0.05) is 23.9 Å². The highest BCUT2D eigenvalue weighted by molar-refractivity contribution is 7.99. The second-order valence-electron chi connectivity index (χ2n) is 7.97. The van der Waals surface area contributed by atoms with Crippen molar-refractivity contribution in [1.82, 2.24) is 9.55 Å². The predicted molar refractivity (Wildman–Crippen MR) is 135 cm³/mol. The first-order valence-corrected chi connectivity index (χ1v) is 12.0. The number of halogens is 2. The predicted octanol–water partition coefficient (Wildman–Crippen LogP) is 5.97. The molecule has 0 spiro atoms. The zero-order valence-corrected chi connectivity index (χ0v) is 20.4. The minimum atomic E-state index is -0.389. The maximum Gasteiger partial charge on any atom is 0.234 e. The summed E-state index contributed by atoms with van der Waals surface area (Å²) in [4.78, 5) is 29.3. The molecule has 3 aromatic carbocycles. The summed E-state index contributed by atoms with van der Waals surface area (Å²) in [5.74, 6) is -0.456. The van der Waals surface area contributed by atoms with Gasteiger partial charge in [0, 0.05) is 18.3 Å². The van der Waals surface area contributed by atoms with Gasteiger partial charge in [-0.2, -0.15) is 0 Å². The third kappa shape index (κ3) is 6.17. The second kappa shape index (κ2) is 11.2. The van der Waals surface area contributed by atoms with E-state index in [2.05, 4.69) is 10.3 Å². The van der Waals surface area contributed by atoms with Crippen LogP contribution in [0.25, 0.3) is 5.69 Å². The largest absolute Gasteiger partial charge is 0.489 e. The van der Waals surface area contributed by atoms with E-state index in [0.717, 1.165) is 5.56 Å². The number of nitrogens with zero attached hydrogens (tertiary/aromatic N) is 2. The Labute approximate surface area is 211 Å². The maximum absolute atomic E-state index is 13.4. The first-order valence-electron chi connectivity index (χ1n) is 11.1. The molecule has 6 nitrogen and oxygen atoms in total. The zero-order chi connectivity index (χ0) is 25.7. The number of benzene rings is 3. The molecule has 1 aromatic heterocycles. The van der Waals surface area contributed by atoms with Crippen molar-refractivity contribution in [2.24, 2.45) is 0 Å². The van der Waals surface area contributed by atoms with Crippen LogP contribution in [0.2, 0.25) is 0 Å². The van der Waals surface area contributed by atoms with Crippen molar-refractivity contribution in [3.05, 3.63) is 101 Å². The Hall–Kier alpha value is -3.98. The molecule has 9 heteroatoms. The Bertz CT molecular complexity index is 1370. The smallest absolute Gasteiger partial charge is 0.234 e. The molecule has 0 atom stereocenters. The van der Waals surface area contributed by atoms with Gasteiger partial charge in [0.05, 0.1) is 11.4 Å². The number of hydrogen-bond acceptors (Lipinski definition) is 5. The van der Waals surface area contributed by atoms with Crippen LogP contribution in [0.4, 0.5) is 14.5 Å². The van der Waals surface area contributed by atoms with Crippen LogP contribution in [0, 0.1) is 18.6 Å². The minimum absolute atomic E-state index is 0.0534. The molecule has 1 N–H and O–H groups in total. The molecule has 1 heterocycles. The number of ether oxygens (including phenoxy) is 1. The van der Waals surface area contributed by atoms with Crippen molar-refractivity contribution in [2.45, 2.75) is 25.6 Å². The van der Waals surface area contributed by atoms with Crippen LogP contribution in [-0.2, 0) is 11.4 Å². The van der Waals surface area contributed by atoms with Crippen LogP contribution in [-0.4, -0.2) is 27.0 Å². The standard InChI is InChI=1S/C27H23F2N3O3S/c1-17-26(18(2)33)32(23-11-7-21(29)8-12-23)27(30-17)36-16-25(34)31-22-9-13-24(14-10-22)35-15-19-3-5-20(28)6-4-19/h3-14H,15-16H2,1-2H3,(H,31,34). The summed E-state index contributed by atoms with van der Waals surface area (Å²) in [5, 5.41) is 3.28. The first-order chi connectivity index (χ1) is 17.3. The van der Waals surface area contributed by atoms with E-state index in [1.54, 1.807) is 60.0 Å². The van der Waals surface area contributed by atoms with Crippen molar-refractivity contribution >= 4 is 29.1 Å². The zero-order valence-electron chi connectivity index (χ0n) is 19.6. The fourth-order valence-corrected chi connectivity index (χ4v) is 4.41. The number of aromatic nitrogens is 2. The van der Waals surface area contributed by atoms with Crippen LogP contribution >= 0.6 is 11.8 Å². The van der Waals surface area contributed by atoms with Gasteiger partial charge in [0.15, 0.2) is 10.9 Å². The molecule has 0 aliphatic rings. The molecule has 1 amide bonds. The van der Waals surface area contributed by atoms with E-state index in [1.165, 1.54) is 43.0 Å². The second-order valence-corrected chi connectivity index (χ2v) is 8.92. The molecule has 0 fully saturated rings. The van der Waals surface area contributed by atoms with E-state index in [4.69, 9.17) is 4.74 Å². The van der Waals surface area contributed by atoms with Crippen LogP contribution in [0.15, 0.2) is 78.0 Å². The maximum atomic E-state index is 13.4. The molecular formula is C27H23F2N3O3S. The number of ketones is 1. The third-order valence-electron chi connectivity index (χ3n) is 5.23. The lowest BCUT2D eigenvalue weighted by atomic mass is 10.2. The topological polar surface area (TPSA) is 73.2 Å². The number of carbonyl (C=O) groups excluding carboxylic acids is 2. The quantitative estimate of drug-likeness (QED) is 0.223. The fourth-order valence-electron chi connectivity index (χ4n) is 3.55. The van der Waals surface area contributed by atoms with Gasteiger partial charge in [-0.25, -0.2) is 13.8 Å². The molecule has 0 saturated heterocycles. The number of anilines is 1. The lowest BCUT2D eigenvalue weighted by Crippen LogP contribution is -2.15. The van der Waals surface area contributed by atoms with Crippen molar-refractivity contribution in [2.75, 3.05) is 11.1 Å². The molecule has 36 heavy (non-hydrogen) atoms. The first kappa shape index (κ1) is 25.1. The van der Waals surface area contributed by atoms with Gasteiger partial charge in [-0.3, -0.25) is 14.2 Å². The number of amides is 1.